The van der Waals surface area contributed by atoms with E-state index in [4.69, 9.17) is 0 Å². The first kappa shape index (κ1) is 13.3. The minimum absolute atomic E-state index is 0.0761. The van der Waals surface area contributed by atoms with Crippen molar-refractivity contribution in [3.63, 3.8) is 0 Å². The zero-order valence-corrected chi connectivity index (χ0v) is 11.4. The smallest absolute Gasteiger partial charge is 0.249 e. The second-order valence-corrected chi connectivity index (χ2v) is 4.58. The molecular weight excluding hydrogens is 240 g/mol. The number of anilines is 1. The van der Waals surface area contributed by atoms with Gasteiger partial charge in [-0.3, -0.25) is 10.1 Å². The van der Waals surface area contributed by atoms with Gasteiger partial charge in [0.05, 0.1) is 0 Å². The van der Waals surface area contributed by atoms with E-state index in [2.05, 4.69) is 15.4 Å². The van der Waals surface area contributed by atoms with Crippen molar-refractivity contribution < 1.29 is 4.79 Å². The summed E-state index contributed by atoms with van der Waals surface area (Å²) in [4.78, 5) is 16.1. The summed E-state index contributed by atoms with van der Waals surface area (Å²) in [5.41, 5.74) is 0.988. The first-order chi connectivity index (χ1) is 9.11. The van der Waals surface area contributed by atoms with Crippen LogP contribution in [-0.4, -0.2) is 20.7 Å². The van der Waals surface area contributed by atoms with Crippen molar-refractivity contribution in [3.8, 4) is 11.4 Å². The van der Waals surface area contributed by atoms with Gasteiger partial charge in [-0.05, 0) is 6.92 Å². The Labute approximate surface area is 112 Å². The lowest BCUT2D eigenvalue weighted by atomic mass is 10.2. The molecule has 0 fully saturated rings. The largest absolute Gasteiger partial charge is 0.293 e. The maximum atomic E-state index is 11.7. The number of hydrogen-bond acceptors (Lipinski definition) is 3. The van der Waals surface area contributed by atoms with Crippen molar-refractivity contribution in [1.29, 1.82) is 0 Å². The molecule has 1 amide bonds. The molecule has 19 heavy (non-hydrogen) atoms. The average Bonchev–Trinajstić information content (AvgIpc) is 2.82. The van der Waals surface area contributed by atoms with Gasteiger partial charge in [-0.15, -0.1) is 5.10 Å². The van der Waals surface area contributed by atoms with Crippen LogP contribution in [0.4, 0.5) is 5.95 Å². The minimum Gasteiger partial charge on any atom is -0.293 e. The molecule has 0 unspecified atom stereocenters. The van der Waals surface area contributed by atoms with Crippen LogP contribution in [0.3, 0.4) is 0 Å². The normalized spacial score (nSPS) is 10.7. The van der Waals surface area contributed by atoms with Gasteiger partial charge in [-0.1, -0.05) is 44.2 Å². The zero-order valence-electron chi connectivity index (χ0n) is 11.4. The van der Waals surface area contributed by atoms with Crippen LogP contribution in [-0.2, 0) is 11.3 Å². The summed E-state index contributed by atoms with van der Waals surface area (Å²) in [5.74, 6) is 0.961. The second-order valence-electron chi connectivity index (χ2n) is 4.58. The maximum absolute atomic E-state index is 11.7. The third-order valence-electron chi connectivity index (χ3n) is 2.76. The number of nitrogens with zero attached hydrogens (tertiary/aromatic N) is 3. The molecular formula is C14H18N4O. The van der Waals surface area contributed by atoms with Crippen LogP contribution < -0.4 is 5.32 Å². The highest BCUT2D eigenvalue weighted by atomic mass is 16.2. The van der Waals surface area contributed by atoms with E-state index in [0.717, 1.165) is 11.4 Å². The molecule has 0 saturated heterocycles. The van der Waals surface area contributed by atoms with E-state index in [9.17, 15) is 4.79 Å². The molecule has 0 saturated carbocycles. The molecule has 0 bridgehead atoms. The Hall–Kier alpha value is -2.17. The predicted molar refractivity (Wildman–Crippen MR) is 74.6 cm³/mol. The summed E-state index contributed by atoms with van der Waals surface area (Å²) in [6.45, 7) is 6.37. The van der Waals surface area contributed by atoms with Gasteiger partial charge >= 0.3 is 0 Å². The summed E-state index contributed by atoms with van der Waals surface area (Å²) in [6.07, 6.45) is 0. The summed E-state index contributed by atoms with van der Waals surface area (Å²) in [7, 11) is 0. The van der Waals surface area contributed by atoms with Gasteiger partial charge in [0.15, 0.2) is 5.82 Å². The van der Waals surface area contributed by atoms with Gasteiger partial charge in [0.25, 0.3) is 0 Å². The van der Waals surface area contributed by atoms with Crippen LogP contribution >= 0.6 is 0 Å². The van der Waals surface area contributed by atoms with Crippen LogP contribution in [0.2, 0.25) is 0 Å². The highest BCUT2D eigenvalue weighted by molar-refractivity contribution is 5.90. The lowest BCUT2D eigenvalue weighted by Gasteiger charge is -2.02. The molecule has 0 spiro atoms. The monoisotopic (exact) mass is 258 g/mol. The Morgan fingerprint density at radius 2 is 2.00 bits per heavy atom. The summed E-state index contributed by atoms with van der Waals surface area (Å²) in [5, 5.41) is 7.03. The highest BCUT2D eigenvalue weighted by Crippen LogP contribution is 2.18. The van der Waals surface area contributed by atoms with E-state index in [1.54, 1.807) is 4.68 Å². The Kier molecular flexibility index (Phi) is 3.94. The van der Waals surface area contributed by atoms with E-state index in [1.165, 1.54) is 0 Å². The molecule has 100 valence electrons. The SMILES string of the molecule is CCn1nc(NC(=O)C(C)C)nc1-c1ccccc1. The van der Waals surface area contributed by atoms with E-state index in [-0.39, 0.29) is 11.8 Å². The van der Waals surface area contributed by atoms with E-state index >= 15 is 0 Å². The number of hydrogen-bond donors (Lipinski definition) is 1. The predicted octanol–water partition coefficient (Wildman–Crippen LogP) is 2.56. The van der Waals surface area contributed by atoms with Crippen molar-refractivity contribution in [3.05, 3.63) is 30.3 Å². The van der Waals surface area contributed by atoms with Crippen LogP contribution in [0, 0.1) is 5.92 Å². The Morgan fingerprint density at radius 3 is 2.58 bits per heavy atom. The molecule has 1 N–H and O–H groups in total. The molecule has 0 radical (unpaired) electrons. The van der Waals surface area contributed by atoms with Crippen molar-refractivity contribution in [2.24, 2.45) is 5.92 Å². The molecule has 1 heterocycles. The van der Waals surface area contributed by atoms with Crippen LogP contribution in [0.1, 0.15) is 20.8 Å². The molecule has 1 aromatic heterocycles. The number of aryl methyl sites for hydroxylation is 1. The molecule has 5 heteroatoms. The standard InChI is InChI=1S/C14H18N4O/c1-4-18-12(11-8-6-5-7-9-11)15-14(17-18)16-13(19)10(2)3/h5-10H,4H2,1-3H3,(H,16,17,19). The number of rotatable bonds is 4. The summed E-state index contributed by atoms with van der Waals surface area (Å²) in [6, 6.07) is 9.82. The first-order valence-electron chi connectivity index (χ1n) is 6.43. The highest BCUT2D eigenvalue weighted by Gasteiger charge is 2.14. The average molecular weight is 258 g/mol. The van der Waals surface area contributed by atoms with Crippen LogP contribution in [0.15, 0.2) is 30.3 Å². The fourth-order valence-corrected chi connectivity index (χ4v) is 1.67. The molecule has 1 aromatic carbocycles. The maximum Gasteiger partial charge on any atom is 0.249 e. The molecule has 0 aliphatic carbocycles. The minimum atomic E-state index is -0.0891. The first-order valence-corrected chi connectivity index (χ1v) is 6.43. The van der Waals surface area contributed by atoms with Gasteiger partial charge in [-0.2, -0.15) is 4.98 Å². The molecule has 2 rings (SSSR count). The Morgan fingerprint density at radius 1 is 1.32 bits per heavy atom. The van der Waals surface area contributed by atoms with E-state index in [0.29, 0.717) is 12.5 Å². The number of nitrogens with one attached hydrogen (secondary N) is 1. The second kappa shape index (κ2) is 5.65. The molecule has 0 aliphatic heterocycles. The number of amides is 1. The van der Waals surface area contributed by atoms with E-state index < -0.39 is 0 Å². The third-order valence-corrected chi connectivity index (χ3v) is 2.76. The van der Waals surface area contributed by atoms with Crippen molar-refractivity contribution in [2.45, 2.75) is 27.3 Å². The third kappa shape index (κ3) is 2.99. The topological polar surface area (TPSA) is 59.8 Å². The number of aromatic nitrogens is 3. The molecule has 5 nitrogen and oxygen atoms in total. The van der Waals surface area contributed by atoms with Gasteiger partial charge in [0, 0.05) is 18.0 Å². The van der Waals surface area contributed by atoms with Crippen LogP contribution in [0.25, 0.3) is 11.4 Å². The van der Waals surface area contributed by atoms with Gasteiger partial charge < -0.3 is 0 Å². The van der Waals surface area contributed by atoms with E-state index in [1.807, 2.05) is 51.1 Å². The Balaban J connectivity index is 2.30. The van der Waals surface area contributed by atoms with Gasteiger partial charge in [0.2, 0.25) is 11.9 Å². The fraction of sp³-hybridized carbons (Fsp3) is 0.357. The van der Waals surface area contributed by atoms with Crippen molar-refractivity contribution in [2.75, 3.05) is 5.32 Å². The Bertz CT molecular complexity index is 560. The summed E-state index contributed by atoms with van der Waals surface area (Å²) >= 11 is 0. The number of carbonyl (C=O) groups is 1. The van der Waals surface area contributed by atoms with Crippen LogP contribution in [0.5, 0.6) is 0 Å². The van der Waals surface area contributed by atoms with Gasteiger partial charge in [0.1, 0.15) is 0 Å². The lowest BCUT2D eigenvalue weighted by Crippen LogP contribution is -2.18. The van der Waals surface area contributed by atoms with Gasteiger partial charge in [-0.25, -0.2) is 4.68 Å². The number of benzene rings is 1. The quantitative estimate of drug-likeness (QED) is 0.916. The number of carbonyl (C=O) groups excluding carboxylic acids is 1. The lowest BCUT2D eigenvalue weighted by molar-refractivity contribution is -0.118. The molecule has 2 aromatic rings. The molecule has 0 atom stereocenters. The van der Waals surface area contributed by atoms with Crippen molar-refractivity contribution >= 4 is 11.9 Å². The van der Waals surface area contributed by atoms with Crippen molar-refractivity contribution in [1.82, 2.24) is 14.8 Å². The zero-order chi connectivity index (χ0) is 13.8. The molecule has 0 aliphatic rings. The fourth-order valence-electron chi connectivity index (χ4n) is 1.67. The summed E-state index contributed by atoms with van der Waals surface area (Å²) < 4.78 is 1.78.